The molecule has 0 aliphatic heterocycles. The van der Waals surface area contributed by atoms with Crippen LogP contribution < -0.4 is 10.5 Å². The molecule has 18 heavy (non-hydrogen) atoms. The van der Waals surface area contributed by atoms with Crippen molar-refractivity contribution < 1.29 is 9.13 Å². The van der Waals surface area contributed by atoms with Crippen molar-refractivity contribution >= 4 is 17.2 Å². The average molecular weight is 267 g/mol. The predicted molar refractivity (Wildman–Crippen MR) is 65.4 cm³/mol. The Bertz CT molecular complexity index is 585. The van der Waals surface area contributed by atoms with Crippen molar-refractivity contribution in [2.45, 2.75) is 6.61 Å². The van der Waals surface area contributed by atoms with Crippen molar-refractivity contribution in [1.29, 1.82) is 0 Å². The minimum atomic E-state index is -0.538. The fourth-order valence-corrected chi connectivity index (χ4v) is 1.42. The molecular formula is C10H10FN5OS. The van der Waals surface area contributed by atoms with Gasteiger partial charge in [0.15, 0.2) is 18.2 Å². The molecule has 8 heteroatoms. The van der Waals surface area contributed by atoms with E-state index in [0.717, 1.165) is 0 Å². The first-order valence-electron chi connectivity index (χ1n) is 5.01. The third-order valence-electron chi connectivity index (χ3n) is 2.12. The topological polar surface area (TPSA) is 78.8 Å². The summed E-state index contributed by atoms with van der Waals surface area (Å²) in [6.07, 6.45) is 0. The average Bonchev–Trinajstić information content (AvgIpc) is 2.73. The summed E-state index contributed by atoms with van der Waals surface area (Å²) in [7, 11) is 1.63. The molecule has 6 nitrogen and oxygen atoms in total. The third-order valence-corrected chi connectivity index (χ3v) is 2.36. The number of hydrogen-bond acceptors (Lipinski definition) is 5. The van der Waals surface area contributed by atoms with Gasteiger partial charge in [0.25, 0.3) is 0 Å². The van der Waals surface area contributed by atoms with Gasteiger partial charge >= 0.3 is 0 Å². The largest absolute Gasteiger partial charge is 0.482 e. The van der Waals surface area contributed by atoms with E-state index < -0.39 is 5.82 Å². The highest BCUT2D eigenvalue weighted by Crippen LogP contribution is 2.19. The Morgan fingerprint density at radius 2 is 2.33 bits per heavy atom. The smallest absolute Gasteiger partial charge is 0.212 e. The first-order chi connectivity index (χ1) is 8.56. The molecule has 0 unspecified atom stereocenters. The zero-order valence-corrected chi connectivity index (χ0v) is 10.3. The van der Waals surface area contributed by atoms with Crippen molar-refractivity contribution in [2.24, 2.45) is 12.8 Å². The number of benzene rings is 1. The molecule has 1 aromatic heterocycles. The Kier molecular flexibility index (Phi) is 3.47. The van der Waals surface area contributed by atoms with Crippen LogP contribution in [0.15, 0.2) is 18.2 Å². The van der Waals surface area contributed by atoms with E-state index >= 15 is 0 Å². The molecule has 0 amide bonds. The molecule has 2 N–H and O–H groups in total. The second-order valence-corrected chi connectivity index (χ2v) is 3.93. The summed E-state index contributed by atoms with van der Waals surface area (Å²) < 4.78 is 18.9. The van der Waals surface area contributed by atoms with Gasteiger partial charge in [-0.05, 0) is 23.4 Å². The predicted octanol–water partition coefficient (Wildman–Crippen LogP) is 0.562. The number of aryl methyl sites for hydroxylation is 1. The molecule has 0 saturated heterocycles. The normalized spacial score (nSPS) is 10.3. The number of tetrazole rings is 1. The van der Waals surface area contributed by atoms with E-state index in [-0.39, 0.29) is 17.3 Å². The number of halogens is 1. The van der Waals surface area contributed by atoms with Crippen LogP contribution in [0.1, 0.15) is 11.4 Å². The Hall–Kier alpha value is -2.09. The Balaban J connectivity index is 2.08. The van der Waals surface area contributed by atoms with Gasteiger partial charge in [-0.25, -0.2) is 4.39 Å². The molecule has 2 aromatic rings. The van der Waals surface area contributed by atoms with Crippen molar-refractivity contribution in [3.63, 3.8) is 0 Å². The summed E-state index contributed by atoms with van der Waals surface area (Å²) in [6.45, 7) is 0.0389. The van der Waals surface area contributed by atoms with E-state index in [9.17, 15) is 4.39 Å². The van der Waals surface area contributed by atoms with Gasteiger partial charge in [-0.3, -0.25) is 0 Å². The van der Waals surface area contributed by atoms with Gasteiger partial charge in [-0.2, -0.15) is 4.80 Å². The molecule has 0 bridgehead atoms. The molecule has 0 fully saturated rings. The summed E-state index contributed by atoms with van der Waals surface area (Å²) in [6, 6.07) is 4.27. The van der Waals surface area contributed by atoms with Crippen LogP contribution in [0.5, 0.6) is 5.75 Å². The molecule has 0 aliphatic rings. The number of nitrogens with zero attached hydrogens (tertiary/aromatic N) is 4. The highest BCUT2D eigenvalue weighted by molar-refractivity contribution is 7.80. The maximum absolute atomic E-state index is 13.6. The van der Waals surface area contributed by atoms with E-state index in [0.29, 0.717) is 11.4 Å². The van der Waals surface area contributed by atoms with Gasteiger partial charge in [0.2, 0.25) is 5.82 Å². The van der Waals surface area contributed by atoms with Crippen LogP contribution in [0.4, 0.5) is 4.39 Å². The minimum absolute atomic E-state index is 0.0389. The van der Waals surface area contributed by atoms with E-state index in [4.69, 9.17) is 22.7 Å². The number of thiocarbonyl (C=S) groups is 1. The molecule has 0 saturated carbocycles. The molecule has 2 rings (SSSR count). The standard InChI is InChI=1S/C10H10FN5OS/c1-16-14-9(13-15-16)5-17-8-3-2-6(10(12)18)4-7(8)11/h2-4H,5H2,1H3,(H2,12,18). The second kappa shape index (κ2) is 5.05. The molecule has 1 heterocycles. The van der Waals surface area contributed by atoms with Crippen LogP contribution in [0, 0.1) is 5.82 Å². The van der Waals surface area contributed by atoms with Gasteiger partial charge in [0, 0.05) is 5.56 Å². The van der Waals surface area contributed by atoms with Gasteiger partial charge in [-0.1, -0.05) is 12.2 Å². The van der Waals surface area contributed by atoms with Crippen LogP contribution >= 0.6 is 12.2 Å². The minimum Gasteiger partial charge on any atom is -0.482 e. The summed E-state index contributed by atoms with van der Waals surface area (Å²) in [5.74, 6) is -0.0815. The second-order valence-electron chi connectivity index (χ2n) is 3.49. The number of aromatic nitrogens is 4. The van der Waals surface area contributed by atoms with E-state index in [2.05, 4.69) is 15.4 Å². The van der Waals surface area contributed by atoms with Gasteiger partial charge in [-0.15, -0.1) is 10.2 Å². The van der Waals surface area contributed by atoms with E-state index in [1.165, 1.54) is 16.9 Å². The molecular weight excluding hydrogens is 257 g/mol. The maximum atomic E-state index is 13.6. The Labute approximate surface area is 108 Å². The highest BCUT2D eigenvalue weighted by atomic mass is 32.1. The Morgan fingerprint density at radius 1 is 1.56 bits per heavy atom. The summed E-state index contributed by atoms with van der Waals surface area (Å²) >= 11 is 4.75. The van der Waals surface area contributed by atoms with Crippen molar-refractivity contribution in [3.8, 4) is 5.75 Å². The van der Waals surface area contributed by atoms with Crippen LogP contribution in [0.3, 0.4) is 0 Å². The third kappa shape index (κ3) is 2.77. The van der Waals surface area contributed by atoms with Gasteiger partial charge in [0.05, 0.1) is 7.05 Å². The monoisotopic (exact) mass is 267 g/mol. The van der Waals surface area contributed by atoms with Gasteiger partial charge in [0.1, 0.15) is 4.99 Å². The van der Waals surface area contributed by atoms with Crippen LogP contribution in [0.2, 0.25) is 0 Å². The maximum Gasteiger partial charge on any atom is 0.212 e. The van der Waals surface area contributed by atoms with Crippen LogP contribution in [-0.2, 0) is 13.7 Å². The fraction of sp³-hybridized carbons (Fsp3) is 0.200. The quantitative estimate of drug-likeness (QED) is 0.816. The lowest BCUT2D eigenvalue weighted by Gasteiger charge is -2.06. The summed E-state index contributed by atoms with van der Waals surface area (Å²) in [5, 5.41) is 11.3. The molecule has 0 atom stereocenters. The number of rotatable bonds is 4. The zero-order valence-electron chi connectivity index (χ0n) is 9.50. The van der Waals surface area contributed by atoms with Crippen molar-refractivity contribution in [1.82, 2.24) is 20.2 Å². The highest BCUT2D eigenvalue weighted by Gasteiger charge is 2.08. The van der Waals surface area contributed by atoms with E-state index in [1.807, 2.05) is 0 Å². The molecule has 94 valence electrons. The lowest BCUT2D eigenvalue weighted by atomic mass is 10.2. The van der Waals surface area contributed by atoms with Crippen LogP contribution in [-0.4, -0.2) is 25.2 Å². The molecule has 0 radical (unpaired) electrons. The summed E-state index contributed by atoms with van der Waals surface area (Å²) in [5.41, 5.74) is 5.84. The number of hydrogen-bond donors (Lipinski definition) is 1. The SMILES string of the molecule is Cn1nnc(COc2ccc(C(N)=S)cc2F)n1. The number of ether oxygens (including phenoxy) is 1. The lowest BCUT2D eigenvalue weighted by molar-refractivity contribution is 0.280. The summed E-state index contributed by atoms with van der Waals surface area (Å²) in [4.78, 5) is 1.43. The fourth-order valence-electron chi connectivity index (χ4n) is 1.29. The number of nitrogens with two attached hydrogens (primary N) is 1. The first kappa shape index (κ1) is 12.4. The lowest BCUT2D eigenvalue weighted by Crippen LogP contribution is -2.10. The van der Waals surface area contributed by atoms with Crippen molar-refractivity contribution in [3.05, 3.63) is 35.4 Å². The first-order valence-corrected chi connectivity index (χ1v) is 5.42. The zero-order chi connectivity index (χ0) is 13.1. The molecule has 0 spiro atoms. The molecule has 0 aliphatic carbocycles. The van der Waals surface area contributed by atoms with Crippen molar-refractivity contribution in [2.75, 3.05) is 0 Å². The van der Waals surface area contributed by atoms with E-state index in [1.54, 1.807) is 13.1 Å². The Morgan fingerprint density at radius 3 is 2.89 bits per heavy atom. The van der Waals surface area contributed by atoms with Crippen LogP contribution in [0.25, 0.3) is 0 Å². The molecule has 1 aromatic carbocycles. The van der Waals surface area contributed by atoms with Gasteiger partial charge < -0.3 is 10.5 Å².